The number of amides is 10. The summed E-state index contributed by atoms with van der Waals surface area (Å²) in [5, 5.41) is 212. The molecule has 2 heterocycles. The number of carboxylic acid groups (broad SMARTS) is 4. The van der Waals surface area contributed by atoms with E-state index in [0.717, 1.165) is 0 Å². The van der Waals surface area contributed by atoms with Crippen LogP contribution in [0.25, 0.3) is 11.2 Å². The Morgan fingerprint density at radius 1 is 0.414 bits per heavy atom. The van der Waals surface area contributed by atoms with Crippen LogP contribution >= 0.6 is 12.6 Å². The van der Waals surface area contributed by atoms with E-state index in [1.54, 1.807) is 0 Å². The average molecular weight is 1680 g/mol. The number of nitrogen functional groups attached to an aromatic ring is 1. The number of aromatic nitrogens is 4. The molecule has 3 aromatic rings. The lowest BCUT2D eigenvalue weighted by Gasteiger charge is -2.28. The molecule has 0 aliphatic carbocycles. The molecule has 0 radical (unpaired) electrons. The van der Waals surface area contributed by atoms with Crippen molar-refractivity contribution < 1.29 is 164 Å². The maximum absolute atomic E-state index is 14.6. The van der Waals surface area contributed by atoms with Gasteiger partial charge in [0.05, 0.1) is 56.6 Å². The van der Waals surface area contributed by atoms with Crippen molar-refractivity contribution in [1.29, 1.82) is 0 Å². The van der Waals surface area contributed by atoms with E-state index in [-0.39, 0.29) is 34.9 Å². The van der Waals surface area contributed by atoms with E-state index >= 15 is 0 Å². The number of aliphatic carboxylic acids is 4. The lowest BCUT2D eigenvalue weighted by molar-refractivity contribution is -0.142. The predicted molar refractivity (Wildman–Crippen MR) is 391 cm³/mol. The number of benzene rings is 1. The summed E-state index contributed by atoms with van der Waals surface area (Å²) < 4.78 is 0. The molecule has 0 aliphatic rings. The van der Waals surface area contributed by atoms with Gasteiger partial charge in [-0.3, -0.25) is 67.3 Å². The third-order valence-electron chi connectivity index (χ3n) is 17.1. The summed E-state index contributed by atoms with van der Waals surface area (Å²) in [6.07, 6.45) is -34.8. The first-order chi connectivity index (χ1) is 54.5. The highest BCUT2D eigenvalue weighted by atomic mass is 32.1. The number of carboxylic acids is 4. The highest BCUT2D eigenvalue weighted by Gasteiger charge is 2.38. The minimum absolute atomic E-state index is 0.00179. The maximum Gasteiger partial charge on any atom is 0.327 e. The van der Waals surface area contributed by atoms with Crippen LogP contribution in [0.5, 0.6) is 0 Å². The molecule has 0 spiro atoms. The fourth-order valence-corrected chi connectivity index (χ4v) is 10.5. The highest BCUT2D eigenvalue weighted by Crippen LogP contribution is 2.16. The van der Waals surface area contributed by atoms with E-state index in [9.17, 15) is 164 Å². The van der Waals surface area contributed by atoms with Crippen LogP contribution in [0, 0.1) is 0 Å². The average Bonchev–Trinajstić information content (AvgIpc) is 0.810. The van der Waals surface area contributed by atoms with E-state index in [1.807, 2.05) is 5.32 Å². The first-order valence-electron chi connectivity index (χ1n) is 35.3. The number of fused-ring (bicyclic) bond motifs is 1. The number of anilines is 2. The Hall–Kier alpha value is -10.6. The Kier molecular flexibility index (Phi) is 42.9. The molecule has 33 N–H and O–H groups in total. The molecule has 1 aromatic carbocycles. The SMILES string of the molecule is Nc1nc2ncc(CNc3ccc(C(=O)N[C@@H](CCC(=O)N[C@@H](CCC(=O)NC[C@H](O)[C@@H](O)[C@H](O)C(O)CO)C(=O)N[C@H](CCC(=O)O)C(=O)N[C@@H](CCC(=O)NC[C@H](O)[C@@H](O)[C@H](O)C(O)CO)C(=O)N[C@H](CCC(=O)O)C(=O)N[C@@H](CCC(=O)NC[C@H](O)[C@@H](O)[C@H](O)[C@H](O)CO)C(=O)N[C@H](CS)C(=O)O)C(=O)O)cc3)nc2c(=O)[nH]1. The maximum atomic E-state index is 14.6. The Balaban J connectivity index is 2.05. The Morgan fingerprint density at radius 2 is 0.741 bits per heavy atom. The van der Waals surface area contributed by atoms with Crippen LogP contribution in [0.3, 0.4) is 0 Å². The zero-order chi connectivity index (χ0) is 87.4. The molecule has 0 fully saturated rings. The monoisotopic (exact) mass is 1680 g/mol. The summed E-state index contributed by atoms with van der Waals surface area (Å²) >= 11 is 3.87. The number of nitrogens with one attached hydrogen (secondary N) is 12. The van der Waals surface area contributed by atoms with E-state index in [1.165, 1.54) is 30.5 Å². The minimum Gasteiger partial charge on any atom is -0.481 e. The number of H-pyrrole nitrogens is 1. The highest BCUT2D eigenvalue weighted by molar-refractivity contribution is 7.80. The van der Waals surface area contributed by atoms with Crippen molar-refractivity contribution in [3.8, 4) is 0 Å². The van der Waals surface area contributed by atoms with Gasteiger partial charge in [0.1, 0.15) is 97.2 Å². The number of aliphatic hydroxyl groups is 15. The standard InChI is InChI=1S/C65H98N16O34S/c66-65-80-55-48(62(111)81-65)72-28(18-71-55)17-67-27-3-1-26(2-4-27)56(105)78-34(63(112)113)8-14-45(94)73-29(5-11-42(91)68-19-36(85)49(99)52(102)39(88)22-82)57(106)76-32(9-15-46(95)96)59(108)74-30(6-12-43(92)69-20-37(86)50(100)53(103)40(89)23-83)58(107)77-33(10-16-47(97)98)60(109)75-31(61(110)79-35(25-116)64(114)115)7-13-44(93)70-21-38(87)51(101)54(104)41(90)24-84/h1-4,18,29-41,49-54,67,82-90,99-104,116H,5-17,19-25H2,(H,68,91)(H,69,92)(H,70,93)(H,73,94)(H,74,108)(H,75,109)(H,76,106)(H,77,107)(H,78,105)(H,79,110)(H,95,96)(H,97,98)(H,112,113)(H,114,115)(H3,66,71,80,81,111)/t29-,30-,31-,32+,33+,34-,35+,36-,37-,38-,39?,40?,41+,49+,50+,51+,52+,53+,54+/m0/s1. The van der Waals surface area contributed by atoms with Gasteiger partial charge in [0, 0.05) is 75.2 Å². The van der Waals surface area contributed by atoms with Crippen LogP contribution < -0.4 is 69.8 Å². The normalized spacial score (nSPS) is 16.3. The molecule has 0 aliphatic heterocycles. The van der Waals surface area contributed by atoms with Crippen molar-refractivity contribution in [2.45, 2.75) is 199 Å². The molecular formula is C65H98N16O34S. The zero-order valence-electron chi connectivity index (χ0n) is 61.5. The molecule has 116 heavy (non-hydrogen) atoms. The van der Waals surface area contributed by atoms with E-state index in [2.05, 4.69) is 85.7 Å². The lowest BCUT2D eigenvalue weighted by atomic mass is 10.0. The number of aromatic amines is 1. The van der Waals surface area contributed by atoms with E-state index in [0.29, 0.717) is 5.69 Å². The van der Waals surface area contributed by atoms with Crippen LogP contribution in [0.4, 0.5) is 11.6 Å². The molecule has 51 heteroatoms. The predicted octanol–water partition coefficient (Wildman–Crippen LogP) is -14.5. The summed E-state index contributed by atoms with van der Waals surface area (Å²) in [5.41, 5.74) is 5.35. The molecule has 50 nitrogen and oxygen atoms in total. The van der Waals surface area contributed by atoms with Gasteiger partial charge in [-0.25, -0.2) is 19.6 Å². The van der Waals surface area contributed by atoms with Gasteiger partial charge in [0.15, 0.2) is 11.2 Å². The summed E-state index contributed by atoms with van der Waals surface area (Å²) in [5.74, 6) is -20.5. The topological polar surface area (TPSA) is 853 Å². The molecule has 648 valence electrons. The van der Waals surface area contributed by atoms with Crippen molar-refractivity contribution in [3.05, 3.63) is 52.1 Å². The Labute approximate surface area is 660 Å². The zero-order valence-corrected chi connectivity index (χ0v) is 62.4. The van der Waals surface area contributed by atoms with Crippen LogP contribution in [0.2, 0.25) is 0 Å². The van der Waals surface area contributed by atoms with Crippen LogP contribution in [0.15, 0.2) is 35.3 Å². The van der Waals surface area contributed by atoms with Crippen molar-refractivity contribution in [2.24, 2.45) is 0 Å². The molecule has 0 bridgehead atoms. The molecular weight excluding hydrogens is 1580 g/mol. The summed E-state index contributed by atoms with van der Waals surface area (Å²) in [4.78, 5) is 214. The van der Waals surface area contributed by atoms with Gasteiger partial charge in [-0.1, -0.05) is 0 Å². The lowest BCUT2D eigenvalue weighted by Crippen LogP contribution is -2.59. The fraction of sp³-hybridized carbons (Fsp3) is 0.600. The molecule has 10 amide bonds. The molecule has 3 rings (SSSR count). The number of rotatable bonds is 55. The molecule has 0 saturated heterocycles. The number of aliphatic hydroxyl groups excluding tert-OH is 15. The summed E-state index contributed by atoms with van der Waals surface area (Å²) in [7, 11) is 0. The molecule has 2 unspecified atom stereocenters. The second-order valence-corrected chi connectivity index (χ2v) is 26.4. The fourth-order valence-electron chi connectivity index (χ4n) is 10.3. The number of carbonyl (C=O) groups is 14. The number of hydrogen-bond acceptors (Lipinski definition) is 36. The molecule has 0 saturated carbocycles. The summed E-state index contributed by atoms with van der Waals surface area (Å²) in [6.45, 7) is -5.97. The quantitative estimate of drug-likeness (QED) is 0.0233. The second kappa shape index (κ2) is 50.0. The van der Waals surface area contributed by atoms with Gasteiger partial charge in [-0.2, -0.15) is 17.6 Å². The van der Waals surface area contributed by atoms with Gasteiger partial charge >= 0.3 is 23.9 Å². The van der Waals surface area contributed by atoms with Gasteiger partial charge < -0.3 is 161 Å². The second-order valence-electron chi connectivity index (χ2n) is 26.1. The minimum atomic E-state index is -2.25. The van der Waals surface area contributed by atoms with E-state index < -0.39 is 326 Å². The first kappa shape index (κ1) is 99.6. The third kappa shape index (κ3) is 34.0. The largest absolute Gasteiger partial charge is 0.481 e. The van der Waals surface area contributed by atoms with Crippen molar-refractivity contribution >= 4 is 118 Å². The van der Waals surface area contributed by atoms with Crippen molar-refractivity contribution in [3.63, 3.8) is 0 Å². The Bertz CT molecular complexity index is 3870. The van der Waals surface area contributed by atoms with Gasteiger partial charge in [-0.05, 0) is 62.8 Å². The summed E-state index contributed by atoms with van der Waals surface area (Å²) in [6, 6.07) is -9.01. The van der Waals surface area contributed by atoms with Crippen LogP contribution in [-0.4, -0.2) is 361 Å². The van der Waals surface area contributed by atoms with Gasteiger partial charge in [0.2, 0.25) is 59.1 Å². The third-order valence-corrected chi connectivity index (χ3v) is 17.5. The number of nitrogens with two attached hydrogens (primary N) is 1. The van der Waals surface area contributed by atoms with Crippen molar-refractivity contribution in [1.82, 2.24) is 73.1 Å². The Morgan fingerprint density at radius 3 is 1.09 bits per heavy atom. The van der Waals surface area contributed by atoms with E-state index in [4.69, 9.17) is 10.8 Å². The molecule has 19 atom stereocenters. The van der Waals surface area contributed by atoms with Gasteiger partial charge in [0.25, 0.3) is 11.5 Å². The van der Waals surface area contributed by atoms with Crippen LogP contribution in [0.1, 0.15) is 93.1 Å². The number of nitrogens with zero attached hydrogens (tertiary/aromatic N) is 3. The number of carbonyl (C=O) groups excluding carboxylic acids is 10. The van der Waals surface area contributed by atoms with Crippen LogP contribution in [-0.2, 0) is 68.9 Å². The number of hydrogen-bond donors (Lipinski definition) is 33. The van der Waals surface area contributed by atoms with Crippen molar-refractivity contribution in [2.75, 3.05) is 56.3 Å². The number of thiol groups is 1. The first-order valence-corrected chi connectivity index (χ1v) is 36.0. The van der Waals surface area contributed by atoms with Gasteiger partial charge in [-0.15, -0.1) is 0 Å². The molecule has 2 aromatic heterocycles. The smallest absolute Gasteiger partial charge is 0.327 e.